The molecule has 0 radical (unpaired) electrons. The van der Waals surface area contributed by atoms with Crippen molar-refractivity contribution in [1.29, 1.82) is 0 Å². The fraction of sp³-hybridized carbons (Fsp3) is 0.467. The van der Waals surface area contributed by atoms with Crippen LogP contribution in [0.4, 0.5) is 0 Å². The fourth-order valence-electron chi connectivity index (χ4n) is 2.31. The van der Waals surface area contributed by atoms with Gasteiger partial charge in [0, 0.05) is 7.05 Å². The molecule has 0 fully saturated rings. The van der Waals surface area contributed by atoms with Gasteiger partial charge in [-0.2, -0.15) is 0 Å². The highest BCUT2D eigenvalue weighted by molar-refractivity contribution is 5.77. The molecule has 0 aliphatic rings. The predicted octanol–water partition coefficient (Wildman–Crippen LogP) is 2.56. The van der Waals surface area contributed by atoms with Gasteiger partial charge in [-0.05, 0) is 30.0 Å². The molecule has 0 N–H and O–H groups in total. The Kier molecular flexibility index (Phi) is 3.88. The summed E-state index contributed by atoms with van der Waals surface area (Å²) in [5.41, 5.74) is 3.19. The molecule has 0 saturated carbocycles. The molecule has 4 heteroatoms. The van der Waals surface area contributed by atoms with E-state index in [4.69, 9.17) is 4.74 Å². The molecular formula is C15H20N2O2. The lowest BCUT2D eigenvalue weighted by Gasteiger charge is -2.18. The summed E-state index contributed by atoms with van der Waals surface area (Å²) in [5, 5.41) is 0. The number of aryl methyl sites for hydroxylation is 1. The number of imidazole rings is 1. The topological polar surface area (TPSA) is 44.1 Å². The van der Waals surface area contributed by atoms with E-state index in [0.717, 1.165) is 16.6 Å². The number of fused-ring (bicyclic) bond motifs is 1. The van der Waals surface area contributed by atoms with Gasteiger partial charge in [-0.3, -0.25) is 4.79 Å². The normalized spacial score (nSPS) is 12.9. The third kappa shape index (κ3) is 2.78. The largest absolute Gasteiger partial charge is 0.469 e. The lowest BCUT2D eigenvalue weighted by atomic mass is 9.89. The Balaban J connectivity index is 2.26. The molecule has 1 aromatic carbocycles. The third-order valence-electron chi connectivity index (χ3n) is 3.55. The van der Waals surface area contributed by atoms with Gasteiger partial charge in [-0.25, -0.2) is 4.98 Å². The van der Waals surface area contributed by atoms with Crippen LogP contribution in [0.1, 0.15) is 19.4 Å². The van der Waals surface area contributed by atoms with Crippen molar-refractivity contribution in [2.45, 2.75) is 20.3 Å². The van der Waals surface area contributed by atoms with Gasteiger partial charge in [0.15, 0.2) is 0 Å². The Bertz CT molecular complexity index is 587. The minimum absolute atomic E-state index is 0.105. The van der Waals surface area contributed by atoms with Gasteiger partial charge in [-0.1, -0.05) is 19.9 Å². The molecule has 1 unspecified atom stereocenters. The zero-order valence-electron chi connectivity index (χ0n) is 11.9. The van der Waals surface area contributed by atoms with Crippen LogP contribution >= 0.6 is 0 Å². The van der Waals surface area contributed by atoms with Crippen molar-refractivity contribution in [2.75, 3.05) is 7.11 Å². The summed E-state index contributed by atoms with van der Waals surface area (Å²) in [5.74, 6) is 0.00848. The number of ether oxygens (including phenoxy) is 1. The molecule has 102 valence electrons. The zero-order chi connectivity index (χ0) is 14.0. The highest BCUT2D eigenvalue weighted by atomic mass is 16.5. The summed E-state index contributed by atoms with van der Waals surface area (Å²) in [6, 6.07) is 6.16. The summed E-state index contributed by atoms with van der Waals surface area (Å²) in [6.45, 7) is 4.09. The van der Waals surface area contributed by atoms with E-state index in [2.05, 4.69) is 11.1 Å². The number of aromatic nitrogens is 2. The number of esters is 1. The van der Waals surface area contributed by atoms with Crippen molar-refractivity contribution in [3.8, 4) is 0 Å². The van der Waals surface area contributed by atoms with Gasteiger partial charge in [0.05, 0.1) is 30.4 Å². The van der Waals surface area contributed by atoms with Gasteiger partial charge in [0.2, 0.25) is 0 Å². The second-order valence-corrected chi connectivity index (χ2v) is 5.26. The maximum absolute atomic E-state index is 11.8. The van der Waals surface area contributed by atoms with Crippen molar-refractivity contribution >= 4 is 17.0 Å². The first-order valence-corrected chi connectivity index (χ1v) is 6.50. The Hall–Kier alpha value is -1.84. The van der Waals surface area contributed by atoms with Crippen molar-refractivity contribution in [3.63, 3.8) is 0 Å². The van der Waals surface area contributed by atoms with Crippen LogP contribution in [0.3, 0.4) is 0 Å². The highest BCUT2D eigenvalue weighted by Gasteiger charge is 2.23. The molecule has 19 heavy (non-hydrogen) atoms. The van der Waals surface area contributed by atoms with Crippen LogP contribution in [0.2, 0.25) is 0 Å². The number of hydrogen-bond acceptors (Lipinski definition) is 3. The summed E-state index contributed by atoms with van der Waals surface area (Å²) < 4.78 is 6.86. The minimum Gasteiger partial charge on any atom is -0.469 e. The molecule has 1 heterocycles. The second kappa shape index (κ2) is 5.43. The van der Waals surface area contributed by atoms with Crippen LogP contribution in [0.25, 0.3) is 11.0 Å². The average Bonchev–Trinajstić information content (AvgIpc) is 2.76. The zero-order valence-corrected chi connectivity index (χ0v) is 11.9. The number of benzene rings is 1. The number of rotatable bonds is 4. The fourth-order valence-corrected chi connectivity index (χ4v) is 2.31. The van der Waals surface area contributed by atoms with E-state index >= 15 is 0 Å². The van der Waals surface area contributed by atoms with Gasteiger partial charge < -0.3 is 9.30 Å². The molecule has 2 rings (SSSR count). The number of carbonyl (C=O) groups is 1. The maximum Gasteiger partial charge on any atom is 0.309 e. The average molecular weight is 260 g/mol. The van der Waals surface area contributed by atoms with E-state index in [1.54, 1.807) is 6.33 Å². The number of carbonyl (C=O) groups excluding carboxylic acids is 1. The van der Waals surface area contributed by atoms with Crippen LogP contribution in [0.5, 0.6) is 0 Å². The van der Waals surface area contributed by atoms with E-state index in [1.165, 1.54) is 7.11 Å². The van der Waals surface area contributed by atoms with Crippen LogP contribution in [-0.2, 0) is 23.0 Å². The minimum atomic E-state index is -0.142. The smallest absolute Gasteiger partial charge is 0.309 e. The molecule has 0 saturated heterocycles. The molecule has 0 aliphatic heterocycles. The number of nitrogens with zero attached hydrogens (tertiary/aromatic N) is 2. The van der Waals surface area contributed by atoms with Crippen LogP contribution in [-0.4, -0.2) is 22.6 Å². The monoisotopic (exact) mass is 260 g/mol. The molecule has 1 aromatic heterocycles. The quantitative estimate of drug-likeness (QED) is 0.794. The molecule has 0 spiro atoms. The summed E-state index contributed by atoms with van der Waals surface area (Å²) in [7, 11) is 3.42. The van der Waals surface area contributed by atoms with Crippen molar-refractivity contribution in [2.24, 2.45) is 18.9 Å². The van der Waals surface area contributed by atoms with E-state index in [-0.39, 0.29) is 17.8 Å². The first-order chi connectivity index (χ1) is 9.02. The highest BCUT2D eigenvalue weighted by Crippen LogP contribution is 2.21. The Morgan fingerprint density at radius 1 is 1.42 bits per heavy atom. The molecule has 2 aromatic rings. The SMILES string of the molecule is COC(=O)C(Cc1ccc2c(c1)ncn2C)C(C)C. The lowest BCUT2D eigenvalue weighted by molar-refractivity contribution is -0.146. The van der Waals surface area contributed by atoms with Crippen LogP contribution < -0.4 is 0 Å². The molecule has 0 amide bonds. The number of hydrogen-bond donors (Lipinski definition) is 0. The third-order valence-corrected chi connectivity index (χ3v) is 3.55. The van der Waals surface area contributed by atoms with E-state index < -0.39 is 0 Å². The molecular weight excluding hydrogens is 240 g/mol. The lowest BCUT2D eigenvalue weighted by Crippen LogP contribution is -2.23. The maximum atomic E-state index is 11.8. The predicted molar refractivity (Wildman–Crippen MR) is 74.8 cm³/mol. The first-order valence-electron chi connectivity index (χ1n) is 6.50. The van der Waals surface area contributed by atoms with E-state index in [9.17, 15) is 4.79 Å². The Morgan fingerprint density at radius 2 is 2.16 bits per heavy atom. The standard InChI is InChI=1S/C15H20N2O2/c1-10(2)12(15(18)19-4)7-11-5-6-14-13(8-11)16-9-17(14)3/h5-6,8-10,12H,7H2,1-4H3. The first kappa shape index (κ1) is 13.6. The van der Waals surface area contributed by atoms with E-state index in [0.29, 0.717) is 6.42 Å². The molecule has 0 aliphatic carbocycles. The van der Waals surface area contributed by atoms with Gasteiger partial charge >= 0.3 is 5.97 Å². The van der Waals surface area contributed by atoms with Crippen LogP contribution in [0.15, 0.2) is 24.5 Å². The van der Waals surface area contributed by atoms with Gasteiger partial charge in [0.25, 0.3) is 0 Å². The Labute approximate surface area is 113 Å². The molecule has 1 atom stereocenters. The Morgan fingerprint density at radius 3 is 2.79 bits per heavy atom. The van der Waals surface area contributed by atoms with Crippen molar-refractivity contribution < 1.29 is 9.53 Å². The summed E-state index contributed by atoms with van der Waals surface area (Å²) >= 11 is 0. The summed E-state index contributed by atoms with van der Waals surface area (Å²) in [4.78, 5) is 16.1. The van der Waals surface area contributed by atoms with E-state index in [1.807, 2.05) is 37.6 Å². The van der Waals surface area contributed by atoms with Crippen LogP contribution in [0, 0.1) is 11.8 Å². The van der Waals surface area contributed by atoms with Gasteiger partial charge in [-0.15, -0.1) is 0 Å². The second-order valence-electron chi connectivity index (χ2n) is 5.26. The molecule has 4 nitrogen and oxygen atoms in total. The van der Waals surface area contributed by atoms with Gasteiger partial charge in [0.1, 0.15) is 0 Å². The molecule has 0 bridgehead atoms. The van der Waals surface area contributed by atoms with Crippen molar-refractivity contribution in [1.82, 2.24) is 9.55 Å². The number of methoxy groups -OCH3 is 1. The van der Waals surface area contributed by atoms with Crippen molar-refractivity contribution in [3.05, 3.63) is 30.1 Å². The summed E-state index contributed by atoms with van der Waals surface area (Å²) in [6.07, 6.45) is 2.49.